The molecule has 0 fully saturated rings. The molecule has 1 N–H and O–H groups in total. The summed E-state index contributed by atoms with van der Waals surface area (Å²) in [6.45, 7) is -0.520. The minimum atomic E-state index is -1.34. The highest BCUT2D eigenvalue weighted by Gasteiger charge is 2.12. The van der Waals surface area contributed by atoms with Crippen LogP contribution in [0.5, 0.6) is 0 Å². The Morgan fingerprint density at radius 1 is 1.50 bits per heavy atom. The van der Waals surface area contributed by atoms with E-state index < -0.39 is 23.4 Å². The molecule has 0 aliphatic carbocycles. The predicted octanol–water partition coefficient (Wildman–Crippen LogP) is 2.61. The van der Waals surface area contributed by atoms with Gasteiger partial charge in [-0.05, 0) is 40.5 Å². The van der Waals surface area contributed by atoms with Crippen LogP contribution in [-0.2, 0) is 10.8 Å². The van der Waals surface area contributed by atoms with E-state index in [0.29, 0.717) is 9.37 Å². The van der Waals surface area contributed by atoms with Crippen molar-refractivity contribution in [2.24, 2.45) is 0 Å². The molecule has 88 valence electrons. The summed E-state index contributed by atoms with van der Waals surface area (Å²) in [5.41, 5.74) is 0.0612. The molecule has 0 saturated carbocycles. The average Bonchev–Trinajstić information content (AvgIpc) is 2.26. The molecule has 1 atom stereocenters. The van der Waals surface area contributed by atoms with Gasteiger partial charge in [-0.1, -0.05) is 0 Å². The molecule has 1 unspecified atom stereocenters. The maximum Gasteiger partial charge on any atom is 0.336 e. The number of benzene rings is 1. The molecule has 0 spiro atoms. The maximum absolute atomic E-state index is 11.9. The van der Waals surface area contributed by atoms with E-state index in [1.54, 1.807) is 6.07 Å². The fraction of sp³-hybridized carbons (Fsp3) is 0.300. The van der Waals surface area contributed by atoms with Gasteiger partial charge in [0.05, 0.1) is 23.0 Å². The van der Waals surface area contributed by atoms with E-state index in [-0.39, 0.29) is 17.7 Å². The SMILES string of the molecule is O=C(O)c1cc(S(=O)CCCF)ccc1Br. The van der Waals surface area contributed by atoms with Crippen LogP contribution < -0.4 is 0 Å². The number of hydrogen-bond donors (Lipinski definition) is 1. The van der Waals surface area contributed by atoms with Crippen LogP contribution in [0.1, 0.15) is 16.8 Å². The Morgan fingerprint density at radius 2 is 2.19 bits per heavy atom. The number of halogens is 2. The van der Waals surface area contributed by atoms with Crippen molar-refractivity contribution in [1.82, 2.24) is 0 Å². The zero-order valence-corrected chi connectivity index (χ0v) is 10.7. The van der Waals surface area contributed by atoms with E-state index in [2.05, 4.69) is 15.9 Å². The Kier molecular flexibility index (Phi) is 5.08. The number of carboxylic acids is 1. The van der Waals surface area contributed by atoms with Gasteiger partial charge in [-0.2, -0.15) is 0 Å². The average molecular weight is 309 g/mol. The zero-order chi connectivity index (χ0) is 12.1. The smallest absolute Gasteiger partial charge is 0.336 e. The highest BCUT2D eigenvalue weighted by Crippen LogP contribution is 2.20. The lowest BCUT2D eigenvalue weighted by atomic mass is 10.2. The topological polar surface area (TPSA) is 54.4 Å². The van der Waals surface area contributed by atoms with Gasteiger partial charge in [0.15, 0.2) is 0 Å². The summed E-state index contributed by atoms with van der Waals surface area (Å²) in [4.78, 5) is 11.2. The summed E-state index contributed by atoms with van der Waals surface area (Å²) in [6, 6.07) is 4.46. The van der Waals surface area contributed by atoms with Crippen LogP contribution in [0.15, 0.2) is 27.6 Å². The first kappa shape index (κ1) is 13.3. The minimum Gasteiger partial charge on any atom is -0.478 e. The lowest BCUT2D eigenvalue weighted by Gasteiger charge is -2.04. The predicted molar refractivity (Wildman–Crippen MR) is 63.0 cm³/mol. The van der Waals surface area contributed by atoms with Gasteiger partial charge in [-0.3, -0.25) is 8.60 Å². The highest BCUT2D eigenvalue weighted by molar-refractivity contribution is 9.10. The van der Waals surface area contributed by atoms with Crippen LogP contribution in [0.4, 0.5) is 4.39 Å². The Hall–Kier alpha value is -0.750. The largest absolute Gasteiger partial charge is 0.478 e. The maximum atomic E-state index is 11.9. The first-order valence-corrected chi connectivity index (χ1v) is 6.64. The van der Waals surface area contributed by atoms with Crippen molar-refractivity contribution in [3.63, 3.8) is 0 Å². The monoisotopic (exact) mass is 308 g/mol. The molecule has 0 radical (unpaired) electrons. The fourth-order valence-electron chi connectivity index (χ4n) is 1.11. The van der Waals surface area contributed by atoms with Gasteiger partial charge >= 0.3 is 5.97 Å². The Balaban J connectivity index is 2.94. The van der Waals surface area contributed by atoms with Crippen LogP contribution >= 0.6 is 15.9 Å². The third-order valence-corrected chi connectivity index (χ3v) is 4.03. The fourth-order valence-corrected chi connectivity index (χ4v) is 2.61. The summed E-state index contributed by atoms with van der Waals surface area (Å²) >= 11 is 3.09. The first-order chi connectivity index (χ1) is 7.56. The van der Waals surface area contributed by atoms with Gasteiger partial charge in [0, 0.05) is 15.1 Å². The molecule has 0 aliphatic heterocycles. The van der Waals surface area contributed by atoms with Crippen molar-refractivity contribution in [1.29, 1.82) is 0 Å². The van der Waals surface area contributed by atoms with E-state index >= 15 is 0 Å². The van der Waals surface area contributed by atoms with Gasteiger partial charge < -0.3 is 5.11 Å². The molecule has 3 nitrogen and oxygen atoms in total. The number of rotatable bonds is 5. The Bertz CT molecular complexity index is 423. The number of carbonyl (C=O) groups is 1. The molecular formula is C10H10BrFO3S. The number of aromatic carboxylic acids is 1. The molecular weight excluding hydrogens is 299 g/mol. The normalized spacial score (nSPS) is 12.4. The Labute approximate surface area is 103 Å². The first-order valence-electron chi connectivity index (χ1n) is 4.53. The molecule has 0 aromatic heterocycles. The van der Waals surface area contributed by atoms with E-state index in [0.717, 1.165) is 0 Å². The molecule has 0 bridgehead atoms. The van der Waals surface area contributed by atoms with Gasteiger partial charge in [-0.25, -0.2) is 4.79 Å². The molecule has 0 amide bonds. The lowest BCUT2D eigenvalue weighted by Crippen LogP contribution is -2.03. The quantitative estimate of drug-likeness (QED) is 0.909. The Morgan fingerprint density at radius 3 is 2.75 bits per heavy atom. The van der Waals surface area contributed by atoms with Crippen LogP contribution in [-0.4, -0.2) is 27.7 Å². The van der Waals surface area contributed by atoms with E-state index in [9.17, 15) is 13.4 Å². The van der Waals surface area contributed by atoms with Crippen molar-refractivity contribution >= 4 is 32.7 Å². The van der Waals surface area contributed by atoms with E-state index in [1.165, 1.54) is 12.1 Å². The van der Waals surface area contributed by atoms with Crippen molar-refractivity contribution in [2.45, 2.75) is 11.3 Å². The van der Waals surface area contributed by atoms with Gasteiger partial charge in [0.25, 0.3) is 0 Å². The second kappa shape index (κ2) is 6.10. The standard InChI is InChI=1S/C10H10BrFO3S/c11-9-3-2-7(6-8(9)10(13)14)16(15)5-1-4-12/h2-3,6H,1,4-5H2,(H,13,14). The lowest BCUT2D eigenvalue weighted by molar-refractivity contribution is 0.0695. The van der Waals surface area contributed by atoms with Crippen molar-refractivity contribution in [3.05, 3.63) is 28.2 Å². The van der Waals surface area contributed by atoms with E-state index in [1.807, 2.05) is 0 Å². The molecule has 1 aromatic carbocycles. The summed E-state index contributed by atoms with van der Waals surface area (Å²) in [6.07, 6.45) is 0.213. The van der Waals surface area contributed by atoms with Crippen molar-refractivity contribution in [2.75, 3.05) is 12.4 Å². The number of alkyl halides is 1. The summed E-state index contributed by atoms with van der Waals surface area (Å²) in [5, 5.41) is 8.86. The molecule has 1 aromatic rings. The summed E-state index contributed by atoms with van der Waals surface area (Å²) in [7, 11) is -1.34. The number of hydrogen-bond acceptors (Lipinski definition) is 2. The zero-order valence-electron chi connectivity index (χ0n) is 8.28. The molecule has 0 heterocycles. The van der Waals surface area contributed by atoms with Crippen molar-refractivity contribution < 1.29 is 18.5 Å². The highest BCUT2D eigenvalue weighted by atomic mass is 79.9. The van der Waals surface area contributed by atoms with Gasteiger partial charge in [0.2, 0.25) is 0 Å². The molecule has 0 aliphatic rings. The third kappa shape index (κ3) is 3.38. The van der Waals surface area contributed by atoms with Crippen LogP contribution in [0.25, 0.3) is 0 Å². The van der Waals surface area contributed by atoms with Gasteiger partial charge in [0.1, 0.15) is 0 Å². The third-order valence-electron chi connectivity index (χ3n) is 1.89. The van der Waals surface area contributed by atoms with Crippen LogP contribution in [0.2, 0.25) is 0 Å². The molecule has 0 saturated heterocycles. The van der Waals surface area contributed by atoms with Gasteiger partial charge in [-0.15, -0.1) is 0 Å². The summed E-state index contributed by atoms with van der Waals surface area (Å²) in [5.74, 6) is -0.881. The molecule has 1 rings (SSSR count). The second-order valence-corrected chi connectivity index (χ2v) is 5.46. The molecule has 6 heteroatoms. The van der Waals surface area contributed by atoms with Crippen LogP contribution in [0, 0.1) is 0 Å². The van der Waals surface area contributed by atoms with E-state index in [4.69, 9.17) is 5.11 Å². The summed E-state index contributed by atoms with van der Waals surface area (Å²) < 4.78 is 24.0. The second-order valence-electron chi connectivity index (χ2n) is 3.04. The van der Waals surface area contributed by atoms with Crippen LogP contribution in [0.3, 0.4) is 0 Å². The number of carboxylic acid groups (broad SMARTS) is 1. The minimum absolute atomic E-state index is 0.0612. The van der Waals surface area contributed by atoms with Crippen molar-refractivity contribution in [3.8, 4) is 0 Å². The molecule has 16 heavy (non-hydrogen) atoms.